The van der Waals surface area contributed by atoms with E-state index in [1.807, 2.05) is 12.1 Å². The van der Waals surface area contributed by atoms with Gasteiger partial charge in [0.15, 0.2) is 0 Å². The van der Waals surface area contributed by atoms with E-state index in [1.54, 1.807) is 0 Å². The van der Waals surface area contributed by atoms with Crippen LogP contribution in [0.4, 0.5) is 0 Å². The van der Waals surface area contributed by atoms with E-state index in [0.29, 0.717) is 12.5 Å². The van der Waals surface area contributed by atoms with Crippen molar-refractivity contribution in [3.63, 3.8) is 0 Å². The molecule has 2 aliphatic rings. The van der Waals surface area contributed by atoms with Crippen LogP contribution in [-0.4, -0.2) is 48.0 Å². The Morgan fingerprint density at radius 3 is 2.66 bits per heavy atom. The molecule has 154 valence electrons. The van der Waals surface area contributed by atoms with Crippen LogP contribution in [-0.2, 0) is 24.2 Å². The lowest BCUT2D eigenvalue weighted by Gasteiger charge is -2.33. The molecule has 2 heterocycles. The van der Waals surface area contributed by atoms with E-state index in [2.05, 4.69) is 53.1 Å². The van der Waals surface area contributed by atoms with Crippen LogP contribution in [0, 0.1) is 0 Å². The van der Waals surface area contributed by atoms with Gasteiger partial charge in [-0.3, -0.25) is 9.69 Å². The van der Waals surface area contributed by atoms with Gasteiger partial charge in [-0.05, 0) is 54.5 Å². The zero-order valence-corrected chi connectivity index (χ0v) is 17.5. The van der Waals surface area contributed by atoms with Crippen LogP contribution < -0.4 is 4.74 Å². The molecule has 0 radical (unpaired) electrons. The first kappa shape index (κ1) is 20.0. The predicted octanol–water partition coefficient (Wildman–Crippen LogP) is 4.07. The van der Waals surface area contributed by atoms with Crippen LogP contribution in [0.2, 0.25) is 0 Å². The average Bonchev–Trinajstić information content (AvgIpc) is 3.27. The van der Waals surface area contributed by atoms with Crippen LogP contribution in [0.25, 0.3) is 0 Å². The van der Waals surface area contributed by atoms with Crippen molar-refractivity contribution in [3.8, 4) is 5.75 Å². The summed E-state index contributed by atoms with van der Waals surface area (Å²) < 4.78 is 5.63. The molecule has 0 spiro atoms. The van der Waals surface area contributed by atoms with E-state index in [-0.39, 0.29) is 5.91 Å². The SMILES string of the molecule is CCCOc1ccc(CCC(=O)N2CC[C@H](N3CCc4ccccc4C3)C2)cc1. The second-order valence-electron chi connectivity index (χ2n) is 8.26. The van der Waals surface area contributed by atoms with Crippen molar-refractivity contribution < 1.29 is 9.53 Å². The molecule has 4 rings (SSSR count). The zero-order chi connectivity index (χ0) is 20.1. The average molecular weight is 393 g/mol. The number of aryl methyl sites for hydroxylation is 1. The van der Waals surface area contributed by atoms with Gasteiger partial charge in [0.1, 0.15) is 5.75 Å². The molecule has 2 aliphatic heterocycles. The maximum absolute atomic E-state index is 12.7. The third-order valence-corrected chi connectivity index (χ3v) is 6.22. The fourth-order valence-electron chi connectivity index (χ4n) is 4.48. The van der Waals surface area contributed by atoms with Gasteiger partial charge in [0.2, 0.25) is 5.91 Å². The molecule has 1 atom stereocenters. The fourth-order valence-corrected chi connectivity index (χ4v) is 4.48. The lowest BCUT2D eigenvalue weighted by Crippen LogP contribution is -2.41. The minimum atomic E-state index is 0.288. The largest absolute Gasteiger partial charge is 0.494 e. The maximum Gasteiger partial charge on any atom is 0.222 e. The Morgan fingerprint density at radius 2 is 1.86 bits per heavy atom. The summed E-state index contributed by atoms with van der Waals surface area (Å²) in [5.41, 5.74) is 4.14. The van der Waals surface area contributed by atoms with E-state index in [1.165, 1.54) is 16.7 Å². The minimum Gasteiger partial charge on any atom is -0.494 e. The topological polar surface area (TPSA) is 32.8 Å². The van der Waals surface area contributed by atoms with E-state index >= 15 is 0 Å². The van der Waals surface area contributed by atoms with Crippen LogP contribution in [0.3, 0.4) is 0 Å². The van der Waals surface area contributed by atoms with Crippen molar-refractivity contribution in [2.24, 2.45) is 0 Å². The van der Waals surface area contributed by atoms with Crippen molar-refractivity contribution >= 4 is 5.91 Å². The second-order valence-corrected chi connectivity index (χ2v) is 8.26. The number of hydrogen-bond donors (Lipinski definition) is 0. The molecule has 4 nitrogen and oxygen atoms in total. The molecule has 0 saturated carbocycles. The second kappa shape index (κ2) is 9.45. The zero-order valence-electron chi connectivity index (χ0n) is 17.5. The smallest absolute Gasteiger partial charge is 0.222 e. The molecule has 2 aromatic carbocycles. The van der Waals surface area contributed by atoms with Gasteiger partial charge >= 0.3 is 0 Å². The minimum absolute atomic E-state index is 0.288. The molecule has 1 saturated heterocycles. The van der Waals surface area contributed by atoms with Crippen molar-refractivity contribution in [3.05, 3.63) is 65.2 Å². The Morgan fingerprint density at radius 1 is 1.07 bits per heavy atom. The summed E-state index contributed by atoms with van der Waals surface area (Å²) in [6, 6.07) is 17.4. The van der Waals surface area contributed by atoms with E-state index in [0.717, 1.165) is 64.2 Å². The van der Waals surface area contributed by atoms with Crippen LogP contribution in [0.5, 0.6) is 5.75 Å². The maximum atomic E-state index is 12.7. The summed E-state index contributed by atoms with van der Waals surface area (Å²) in [5.74, 6) is 1.20. The van der Waals surface area contributed by atoms with Gasteiger partial charge in [0.25, 0.3) is 0 Å². The van der Waals surface area contributed by atoms with Gasteiger partial charge in [-0.2, -0.15) is 0 Å². The van der Waals surface area contributed by atoms with Gasteiger partial charge < -0.3 is 9.64 Å². The van der Waals surface area contributed by atoms with Crippen molar-refractivity contribution in [1.82, 2.24) is 9.80 Å². The Balaban J connectivity index is 1.24. The highest BCUT2D eigenvalue weighted by Crippen LogP contribution is 2.25. The van der Waals surface area contributed by atoms with E-state index in [9.17, 15) is 4.79 Å². The molecule has 1 fully saturated rings. The molecule has 4 heteroatoms. The first-order valence-electron chi connectivity index (χ1n) is 11.0. The number of rotatable bonds is 7. The van der Waals surface area contributed by atoms with Gasteiger partial charge in [-0.25, -0.2) is 0 Å². The predicted molar refractivity (Wildman–Crippen MR) is 116 cm³/mol. The third-order valence-electron chi connectivity index (χ3n) is 6.22. The Kier molecular flexibility index (Phi) is 6.50. The molecule has 0 N–H and O–H groups in total. The Hall–Kier alpha value is -2.33. The van der Waals surface area contributed by atoms with Crippen LogP contribution >= 0.6 is 0 Å². The number of amides is 1. The van der Waals surface area contributed by atoms with Gasteiger partial charge in [-0.1, -0.05) is 43.3 Å². The number of fused-ring (bicyclic) bond motifs is 1. The number of carbonyl (C=O) groups excluding carboxylic acids is 1. The quantitative estimate of drug-likeness (QED) is 0.712. The summed E-state index contributed by atoms with van der Waals surface area (Å²) in [6.45, 7) is 6.76. The number of carbonyl (C=O) groups is 1. The summed E-state index contributed by atoms with van der Waals surface area (Å²) in [6.07, 6.45) is 4.61. The van der Waals surface area contributed by atoms with Gasteiger partial charge in [-0.15, -0.1) is 0 Å². The molecule has 29 heavy (non-hydrogen) atoms. The molecular weight excluding hydrogens is 360 g/mol. The molecule has 0 aromatic heterocycles. The first-order chi connectivity index (χ1) is 14.2. The molecular formula is C25H32N2O2. The van der Waals surface area contributed by atoms with E-state index in [4.69, 9.17) is 4.74 Å². The summed E-state index contributed by atoms with van der Waals surface area (Å²) in [7, 11) is 0. The highest BCUT2D eigenvalue weighted by atomic mass is 16.5. The standard InChI is InChI=1S/C25H32N2O2/c1-2-17-29-24-10-7-20(8-11-24)9-12-25(28)27-16-14-23(19-27)26-15-13-21-5-3-4-6-22(21)18-26/h3-8,10-11,23H,2,9,12-19H2,1H3/t23-/m0/s1. The molecule has 2 aromatic rings. The number of nitrogens with zero attached hydrogens (tertiary/aromatic N) is 2. The Bertz CT molecular complexity index is 818. The lowest BCUT2D eigenvalue weighted by atomic mass is 9.98. The van der Waals surface area contributed by atoms with E-state index < -0.39 is 0 Å². The molecule has 0 aliphatic carbocycles. The number of benzene rings is 2. The normalized spacial score (nSPS) is 19.2. The molecule has 1 amide bonds. The number of likely N-dealkylation sites (tertiary alicyclic amines) is 1. The highest BCUT2D eigenvalue weighted by Gasteiger charge is 2.31. The first-order valence-corrected chi connectivity index (χ1v) is 11.0. The monoisotopic (exact) mass is 392 g/mol. The summed E-state index contributed by atoms with van der Waals surface area (Å²) in [4.78, 5) is 17.4. The Labute approximate surface area is 174 Å². The summed E-state index contributed by atoms with van der Waals surface area (Å²) in [5, 5.41) is 0. The molecule has 0 unspecified atom stereocenters. The number of hydrogen-bond acceptors (Lipinski definition) is 3. The fraction of sp³-hybridized carbons (Fsp3) is 0.480. The van der Waals surface area contributed by atoms with Gasteiger partial charge in [0.05, 0.1) is 6.61 Å². The van der Waals surface area contributed by atoms with Crippen molar-refractivity contribution in [2.45, 2.75) is 51.6 Å². The van der Waals surface area contributed by atoms with Crippen LogP contribution in [0.15, 0.2) is 48.5 Å². The van der Waals surface area contributed by atoms with Crippen molar-refractivity contribution in [2.75, 3.05) is 26.2 Å². The highest BCUT2D eigenvalue weighted by molar-refractivity contribution is 5.76. The third kappa shape index (κ3) is 4.99. The summed E-state index contributed by atoms with van der Waals surface area (Å²) >= 11 is 0. The van der Waals surface area contributed by atoms with Gasteiger partial charge in [0, 0.05) is 38.6 Å². The van der Waals surface area contributed by atoms with Crippen LogP contribution in [0.1, 0.15) is 42.9 Å². The number of ether oxygens (including phenoxy) is 1. The molecule has 0 bridgehead atoms. The lowest BCUT2D eigenvalue weighted by molar-refractivity contribution is -0.130. The van der Waals surface area contributed by atoms with Crippen molar-refractivity contribution in [1.29, 1.82) is 0 Å².